The Kier molecular flexibility index (Phi) is 4.87. The second-order valence-electron chi connectivity index (χ2n) is 3.41. The third-order valence-electron chi connectivity index (χ3n) is 2.23. The summed E-state index contributed by atoms with van der Waals surface area (Å²) in [5.41, 5.74) is 5.13. The van der Waals surface area contributed by atoms with E-state index in [9.17, 15) is 10.2 Å². The van der Waals surface area contributed by atoms with Crippen LogP contribution in [0.3, 0.4) is 0 Å². The van der Waals surface area contributed by atoms with Crippen LogP contribution < -0.4 is 5.73 Å². The Morgan fingerprint density at radius 1 is 1.47 bits per heavy atom. The van der Waals surface area contributed by atoms with Crippen LogP contribution in [0.4, 0.5) is 0 Å². The van der Waals surface area contributed by atoms with Crippen LogP contribution in [-0.4, -0.2) is 64.5 Å². The Morgan fingerprint density at radius 2 is 2.13 bits per heavy atom. The topological polar surface area (TPSA) is 125 Å². The first-order chi connectivity index (χ1) is 7.08. The van der Waals surface area contributed by atoms with Crippen LogP contribution >= 0.6 is 0 Å². The molecule has 2 unspecified atom stereocenters. The monoisotopic (exact) mass is 223 g/mol. The second kappa shape index (κ2) is 5.71. The van der Waals surface area contributed by atoms with E-state index in [1.807, 2.05) is 0 Å². The number of hydrogen-bond donors (Lipinski definition) is 5. The number of ether oxygens (including phenoxy) is 2. The molecule has 1 aliphatic heterocycles. The minimum Gasteiger partial charge on any atom is -0.394 e. The van der Waals surface area contributed by atoms with E-state index in [0.717, 1.165) is 0 Å². The first-order valence-electron chi connectivity index (χ1n) is 4.74. The zero-order chi connectivity index (χ0) is 11.4. The molecule has 5 atom stereocenters. The molecule has 0 aromatic carbocycles. The molecule has 0 aromatic rings. The standard InChI is InChI=1S/C8H17NO6/c9-2-6(12)15-7-1-4(11)8(13)5(3-10)14-7/h4-8,10-13H,1-3,9H2/t4-,5-,6?,7?,8+/m1/s1. The maximum atomic E-state index is 9.40. The molecule has 0 bridgehead atoms. The summed E-state index contributed by atoms with van der Waals surface area (Å²) in [6.45, 7) is -0.529. The fourth-order valence-corrected chi connectivity index (χ4v) is 1.38. The summed E-state index contributed by atoms with van der Waals surface area (Å²) in [4.78, 5) is 0. The molecule has 7 heteroatoms. The molecule has 15 heavy (non-hydrogen) atoms. The summed E-state index contributed by atoms with van der Waals surface area (Å²) in [5, 5.41) is 36.7. The first kappa shape index (κ1) is 12.8. The fourth-order valence-electron chi connectivity index (χ4n) is 1.38. The molecule has 0 radical (unpaired) electrons. The minimum absolute atomic E-state index is 0.0225. The zero-order valence-electron chi connectivity index (χ0n) is 8.19. The van der Waals surface area contributed by atoms with Crippen molar-refractivity contribution in [3.8, 4) is 0 Å². The molecule has 1 aliphatic rings. The lowest BCUT2D eigenvalue weighted by atomic mass is 10.0. The van der Waals surface area contributed by atoms with E-state index in [4.69, 9.17) is 25.4 Å². The number of aliphatic hydroxyl groups excluding tert-OH is 4. The molecule has 6 N–H and O–H groups in total. The van der Waals surface area contributed by atoms with Crippen molar-refractivity contribution in [3.05, 3.63) is 0 Å². The third kappa shape index (κ3) is 3.35. The van der Waals surface area contributed by atoms with Gasteiger partial charge in [0.2, 0.25) is 0 Å². The predicted molar refractivity (Wildman–Crippen MR) is 48.5 cm³/mol. The zero-order valence-corrected chi connectivity index (χ0v) is 8.19. The molecule has 0 aromatic heterocycles. The van der Waals surface area contributed by atoms with E-state index in [0.29, 0.717) is 0 Å². The van der Waals surface area contributed by atoms with Gasteiger partial charge in [-0.05, 0) is 0 Å². The molecular weight excluding hydrogens is 206 g/mol. The number of nitrogens with two attached hydrogens (primary N) is 1. The van der Waals surface area contributed by atoms with Gasteiger partial charge < -0.3 is 35.6 Å². The lowest BCUT2D eigenvalue weighted by molar-refractivity contribution is -0.293. The highest BCUT2D eigenvalue weighted by atomic mass is 16.7. The molecule has 1 fully saturated rings. The smallest absolute Gasteiger partial charge is 0.169 e. The quantitative estimate of drug-likeness (QED) is 0.324. The third-order valence-corrected chi connectivity index (χ3v) is 2.23. The highest BCUT2D eigenvalue weighted by Crippen LogP contribution is 2.21. The van der Waals surface area contributed by atoms with E-state index in [1.165, 1.54) is 0 Å². The average molecular weight is 223 g/mol. The largest absolute Gasteiger partial charge is 0.394 e. The van der Waals surface area contributed by atoms with Crippen molar-refractivity contribution >= 4 is 0 Å². The highest BCUT2D eigenvalue weighted by Gasteiger charge is 2.37. The van der Waals surface area contributed by atoms with Gasteiger partial charge in [-0.3, -0.25) is 0 Å². The highest BCUT2D eigenvalue weighted by molar-refractivity contribution is 4.82. The lowest BCUT2D eigenvalue weighted by Gasteiger charge is -2.36. The molecule has 7 nitrogen and oxygen atoms in total. The van der Waals surface area contributed by atoms with Gasteiger partial charge in [0, 0.05) is 13.0 Å². The summed E-state index contributed by atoms with van der Waals surface area (Å²) in [7, 11) is 0. The summed E-state index contributed by atoms with van der Waals surface area (Å²) >= 11 is 0. The van der Waals surface area contributed by atoms with Gasteiger partial charge in [-0.25, -0.2) is 0 Å². The Bertz CT molecular complexity index is 190. The first-order valence-corrected chi connectivity index (χ1v) is 4.74. The van der Waals surface area contributed by atoms with Crippen molar-refractivity contribution in [3.63, 3.8) is 0 Å². The summed E-state index contributed by atoms with van der Waals surface area (Å²) in [6, 6.07) is 0. The van der Waals surface area contributed by atoms with Crippen molar-refractivity contribution in [2.24, 2.45) is 5.73 Å². The van der Waals surface area contributed by atoms with Gasteiger partial charge in [-0.1, -0.05) is 0 Å². The van der Waals surface area contributed by atoms with Gasteiger partial charge in [-0.2, -0.15) is 0 Å². The van der Waals surface area contributed by atoms with Crippen molar-refractivity contribution < 1.29 is 29.9 Å². The van der Waals surface area contributed by atoms with Crippen molar-refractivity contribution in [2.75, 3.05) is 13.2 Å². The van der Waals surface area contributed by atoms with E-state index in [1.54, 1.807) is 0 Å². The molecule has 1 rings (SSSR count). The fraction of sp³-hybridized carbons (Fsp3) is 1.00. The van der Waals surface area contributed by atoms with Crippen molar-refractivity contribution in [1.82, 2.24) is 0 Å². The van der Waals surface area contributed by atoms with Gasteiger partial charge in [0.15, 0.2) is 12.6 Å². The molecule has 0 spiro atoms. The van der Waals surface area contributed by atoms with Gasteiger partial charge >= 0.3 is 0 Å². The molecule has 0 aliphatic carbocycles. The summed E-state index contributed by atoms with van der Waals surface area (Å²) in [5.74, 6) is 0. The van der Waals surface area contributed by atoms with E-state index >= 15 is 0 Å². The molecule has 1 heterocycles. The van der Waals surface area contributed by atoms with Crippen molar-refractivity contribution in [2.45, 2.75) is 37.3 Å². The maximum Gasteiger partial charge on any atom is 0.169 e. The van der Waals surface area contributed by atoms with Crippen LogP contribution in [0.25, 0.3) is 0 Å². The Hall–Kier alpha value is -0.280. The number of rotatable bonds is 4. The second-order valence-corrected chi connectivity index (χ2v) is 3.41. The van der Waals surface area contributed by atoms with Gasteiger partial charge in [-0.15, -0.1) is 0 Å². The van der Waals surface area contributed by atoms with Crippen LogP contribution in [0.2, 0.25) is 0 Å². The van der Waals surface area contributed by atoms with Crippen LogP contribution in [0.5, 0.6) is 0 Å². The Morgan fingerprint density at radius 3 is 2.67 bits per heavy atom. The van der Waals surface area contributed by atoms with E-state index in [2.05, 4.69) is 0 Å². The molecular formula is C8H17NO6. The van der Waals surface area contributed by atoms with Crippen molar-refractivity contribution in [1.29, 1.82) is 0 Å². The molecule has 1 saturated heterocycles. The van der Waals surface area contributed by atoms with Crippen LogP contribution in [0.15, 0.2) is 0 Å². The number of aliphatic hydroxyl groups is 4. The maximum absolute atomic E-state index is 9.40. The van der Waals surface area contributed by atoms with Crippen LogP contribution in [-0.2, 0) is 9.47 Å². The van der Waals surface area contributed by atoms with Gasteiger partial charge in [0.25, 0.3) is 0 Å². The molecule has 0 saturated carbocycles. The molecule has 0 amide bonds. The summed E-state index contributed by atoms with van der Waals surface area (Å²) in [6.07, 6.45) is -5.15. The SMILES string of the molecule is NCC(O)OC1C[C@@H](O)[C@H](O)[C@@H](CO)O1. The van der Waals surface area contributed by atoms with Gasteiger partial charge in [0.05, 0.1) is 12.7 Å². The summed E-state index contributed by atoms with van der Waals surface area (Å²) < 4.78 is 10.0. The van der Waals surface area contributed by atoms with Crippen LogP contribution in [0, 0.1) is 0 Å². The van der Waals surface area contributed by atoms with E-state index < -0.39 is 37.5 Å². The van der Waals surface area contributed by atoms with Gasteiger partial charge in [0.1, 0.15) is 12.2 Å². The van der Waals surface area contributed by atoms with Crippen LogP contribution in [0.1, 0.15) is 6.42 Å². The lowest BCUT2D eigenvalue weighted by Crippen LogP contribution is -2.51. The average Bonchev–Trinajstić information content (AvgIpc) is 2.22. The minimum atomic E-state index is -1.18. The normalized spacial score (nSPS) is 39.0. The van der Waals surface area contributed by atoms with E-state index in [-0.39, 0.29) is 13.0 Å². The predicted octanol–water partition coefficient (Wildman–Crippen LogP) is -2.89. The Labute approximate surface area is 87.0 Å². The Balaban J connectivity index is 2.47. The number of hydrogen-bond acceptors (Lipinski definition) is 7. The molecule has 90 valence electrons.